The highest BCUT2D eigenvalue weighted by Crippen LogP contribution is 2.29. The summed E-state index contributed by atoms with van der Waals surface area (Å²) in [6.07, 6.45) is 4.06. The molecule has 0 unspecified atom stereocenters. The highest BCUT2D eigenvalue weighted by atomic mass is 19.1. The third kappa shape index (κ3) is 2.86. The molecule has 0 atom stereocenters. The normalized spacial score (nSPS) is 16.4. The van der Waals surface area contributed by atoms with E-state index in [0.717, 1.165) is 59.6 Å². The van der Waals surface area contributed by atoms with Gasteiger partial charge in [-0.1, -0.05) is 0 Å². The second-order valence-electron chi connectivity index (χ2n) is 7.88. The summed E-state index contributed by atoms with van der Waals surface area (Å²) in [7, 11) is 2.13. The molecule has 1 aromatic carbocycles. The van der Waals surface area contributed by atoms with E-state index in [2.05, 4.69) is 27.1 Å². The fourth-order valence-corrected chi connectivity index (χ4v) is 4.09. The van der Waals surface area contributed by atoms with Crippen LogP contribution in [0.1, 0.15) is 30.3 Å². The van der Waals surface area contributed by atoms with E-state index in [1.807, 2.05) is 47.4 Å². The standard InChI is InChI=1S/C21H23FN6/c1-13-8-20-23-19(9-14(2)28(20)24-13)15-10-16-12-27(25-21(16)18(22)11-15)17-4-6-26(3)7-5-17/h8-12,17H,4-7H2,1-3H3. The van der Waals surface area contributed by atoms with Gasteiger partial charge in [-0.3, -0.25) is 4.68 Å². The molecule has 0 saturated carbocycles. The van der Waals surface area contributed by atoms with E-state index in [0.29, 0.717) is 11.6 Å². The Balaban J connectivity index is 1.57. The van der Waals surface area contributed by atoms with Crippen LogP contribution in [0.4, 0.5) is 4.39 Å². The summed E-state index contributed by atoms with van der Waals surface area (Å²) in [5.41, 5.74) is 4.59. The summed E-state index contributed by atoms with van der Waals surface area (Å²) < 4.78 is 18.6. The van der Waals surface area contributed by atoms with Crippen molar-refractivity contribution in [3.8, 4) is 11.3 Å². The Morgan fingerprint density at radius 1 is 1.04 bits per heavy atom. The molecular weight excluding hydrogens is 355 g/mol. The van der Waals surface area contributed by atoms with Gasteiger partial charge in [0.2, 0.25) is 0 Å². The molecule has 0 spiro atoms. The minimum atomic E-state index is -0.303. The highest BCUT2D eigenvalue weighted by Gasteiger charge is 2.20. The third-order valence-electron chi connectivity index (χ3n) is 5.67. The van der Waals surface area contributed by atoms with Crippen LogP contribution in [-0.4, -0.2) is 49.4 Å². The zero-order valence-electron chi connectivity index (χ0n) is 16.4. The number of halogens is 1. The first-order valence-electron chi connectivity index (χ1n) is 9.69. The van der Waals surface area contributed by atoms with E-state index in [-0.39, 0.29) is 5.82 Å². The van der Waals surface area contributed by atoms with Gasteiger partial charge in [-0.15, -0.1) is 0 Å². The van der Waals surface area contributed by atoms with Crippen molar-refractivity contribution < 1.29 is 4.39 Å². The van der Waals surface area contributed by atoms with E-state index >= 15 is 0 Å². The van der Waals surface area contributed by atoms with Crippen molar-refractivity contribution in [1.29, 1.82) is 0 Å². The van der Waals surface area contributed by atoms with Crippen LogP contribution in [0, 0.1) is 19.7 Å². The van der Waals surface area contributed by atoms with E-state index in [1.54, 1.807) is 0 Å². The summed E-state index contributed by atoms with van der Waals surface area (Å²) >= 11 is 0. The maximum atomic E-state index is 14.9. The van der Waals surface area contributed by atoms with Crippen LogP contribution in [0.5, 0.6) is 0 Å². The number of fused-ring (bicyclic) bond motifs is 2. The lowest BCUT2D eigenvalue weighted by Crippen LogP contribution is -2.31. The number of nitrogens with zero attached hydrogens (tertiary/aromatic N) is 6. The molecular formula is C21H23FN6. The molecule has 1 aliphatic heterocycles. The molecule has 4 heterocycles. The maximum Gasteiger partial charge on any atom is 0.156 e. The Hall–Kier alpha value is -2.80. The fourth-order valence-electron chi connectivity index (χ4n) is 4.09. The molecule has 0 N–H and O–H groups in total. The topological polar surface area (TPSA) is 51.2 Å². The van der Waals surface area contributed by atoms with Crippen LogP contribution in [0.25, 0.3) is 27.8 Å². The molecule has 1 fully saturated rings. The second kappa shape index (κ2) is 6.38. The average molecular weight is 378 g/mol. The minimum Gasteiger partial charge on any atom is -0.306 e. The van der Waals surface area contributed by atoms with Crippen LogP contribution in [-0.2, 0) is 0 Å². The molecule has 7 heteroatoms. The number of rotatable bonds is 2. The van der Waals surface area contributed by atoms with E-state index < -0.39 is 0 Å². The van der Waals surface area contributed by atoms with Gasteiger partial charge in [-0.25, -0.2) is 13.9 Å². The van der Waals surface area contributed by atoms with Crippen molar-refractivity contribution in [2.24, 2.45) is 0 Å². The summed E-state index contributed by atoms with van der Waals surface area (Å²) in [4.78, 5) is 7.00. The summed E-state index contributed by atoms with van der Waals surface area (Å²) in [5.74, 6) is -0.303. The third-order valence-corrected chi connectivity index (χ3v) is 5.67. The first-order chi connectivity index (χ1) is 13.5. The molecule has 1 saturated heterocycles. The van der Waals surface area contributed by atoms with Gasteiger partial charge < -0.3 is 4.90 Å². The average Bonchev–Trinajstić information content (AvgIpc) is 3.26. The Morgan fingerprint density at radius 3 is 2.61 bits per heavy atom. The summed E-state index contributed by atoms with van der Waals surface area (Å²) in [6, 6.07) is 7.73. The van der Waals surface area contributed by atoms with Gasteiger partial charge in [-0.2, -0.15) is 10.2 Å². The van der Waals surface area contributed by atoms with Gasteiger partial charge in [0, 0.05) is 28.9 Å². The van der Waals surface area contributed by atoms with Crippen molar-refractivity contribution >= 4 is 16.6 Å². The molecule has 3 aromatic heterocycles. The molecule has 1 aliphatic rings. The Kier molecular flexibility index (Phi) is 3.94. The van der Waals surface area contributed by atoms with Crippen LogP contribution in [0.15, 0.2) is 30.5 Å². The highest BCUT2D eigenvalue weighted by molar-refractivity contribution is 5.84. The largest absolute Gasteiger partial charge is 0.306 e. The SMILES string of the molecule is Cc1cc2nc(-c3cc(F)c4nn(C5CCN(C)CC5)cc4c3)cc(C)n2n1. The fraction of sp³-hybridized carbons (Fsp3) is 0.381. The number of aryl methyl sites for hydroxylation is 2. The lowest BCUT2D eigenvalue weighted by atomic mass is 10.1. The van der Waals surface area contributed by atoms with Gasteiger partial charge in [-0.05, 0) is 65.0 Å². The number of hydrogen-bond donors (Lipinski definition) is 0. The van der Waals surface area contributed by atoms with Crippen LogP contribution in [0.2, 0.25) is 0 Å². The van der Waals surface area contributed by atoms with Crippen molar-refractivity contribution in [3.63, 3.8) is 0 Å². The van der Waals surface area contributed by atoms with Gasteiger partial charge in [0.25, 0.3) is 0 Å². The van der Waals surface area contributed by atoms with E-state index in [1.165, 1.54) is 6.07 Å². The zero-order valence-corrected chi connectivity index (χ0v) is 16.4. The Morgan fingerprint density at radius 2 is 1.82 bits per heavy atom. The van der Waals surface area contributed by atoms with E-state index in [9.17, 15) is 4.39 Å². The molecule has 0 aliphatic carbocycles. The lowest BCUT2D eigenvalue weighted by molar-refractivity contribution is 0.213. The maximum absolute atomic E-state index is 14.9. The van der Waals surface area contributed by atoms with Gasteiger partial charge in [0.1, 0.15) is 5.52 Å². The van der Waals surface area contributed by atoms with Crippen LogP contribution < -0.4 is 0 Å². The smallest absolute Gasteiger partial charge is 0.156 e. The predicted molar refractivity (Wildman–Crippen MR) is 107 cm³/mol. The van der Waals surface area contributed by atoms with E-state index in [4.69, 9.17) is 0 Å². The van der Waals surface area contributed by atoms with Crippen molar-refractivity contribution in [2.75, 3.05) is 20.1 Å². The van der Waals surface area contributed by atoms with Crippen molar-refractivity contribution in [1.82, 2.24) is 29.3 Å². The van der Waals surface area contributed by atoms with Gasteiger partial charge in [0.05, 0.1) is 17.4 Å². The molecule has 0 amide bonds. The molecule has 0 radical (unpaired) electrons. The predicted octanol–water partition coefficient (Wildman–Crippen LogP) is 3.77. The molecule has 0 bridgehead atoms. The molecule has 4 aromatic rings. The van der Waals surface area contributed by atoms with Gasteiger partial charge in [0.15, 0.2) is 11.5 Å². The first-order valence-corrected chi connectivity index (χ1v) is 9.69. The number of piperidine rings is 1. The first kappa shape index (κ1) is 17.3. The monoisotopic (exact) mass is 378 g/mol. The minimum absolute atomic E-state index is 0.303. The van der Waals surface area contributed by atoms with Crippen LogP contribution in [0.3, 0.4) is 0 Å². The summed E-state index contributed by atoms with van der Waals surface area (Å²) in [5, 5.41) is 9.81. The number of aromatic nitrogens is 5. The molecule has 5 rings (SSSR count). The van der Waals surface area contributed by atoms with Crippen molar-refractivity contribution in [2.45, 2.75) is 32.7 Å². The summed E-state index contributed by atoms with van der Waals surface area (Å²) in [6.45, 7) is 6.01. The quantitative estimate of drug-likeness (QED) is 0.533. The Bertz CT molecular complexity index is 1180. The molecule has 144 valence electrons. The Labute approximate surface area is 162 Å². The molecule has 6 nitrogen and oxygen atoms in total. The second-order valence-corrected chi connectivity index (χ2v) is 7.88. The number of likely N-dealkylation sites (tertiary alicyclic amines) is 1. The van der Waals surface area contributed by atoms with Gasteiger partial charge >= 0.3 is 0 Å². The van der Waals surface area contributed by atoms with Crippen molar-refractivity contribution in [3.05, 3.63) is 47.7 Å². The number of hydrogen-bond acceptors (Lipinski definition) is 4. The lowest BCUT2D eigenvalue weighted by Gasteiger charge is -2.28. The molecule has 28 heavy (non-hydrogen) atoms. The van der Waals surface area contributed by atoms with Crippen LogP contribution >= 0.6 is 0 Å². The zero-order chi connectivity index (χ0) is 19.4. The number of benzene rings is 1.